The number of allylic oxidation sites excluding steroid dienone is 2. The number of alkyl halides is 1. The molecule has 0 fully saturated rings. The summed E-state index contributed by atoms with van der Waals surface area (Å²) in [4.78, 5) is 0. The highest BCUT2D eigenvalue weighted by atomic mass is 35.5. The third-order valence-electron chi connectivity index (χ3n) is 3.53. The summed E-state index contributed by atoms with van der Waals surface area (Å²) in [6.45, 7) is 2.02. The molecule has 0 saturated carbocycles. The van der Waals surface area contributed by atoms with Crippen LogP contribution in [0.2, 0.25) is 0 Å². The van der Waals surface area contributed by atoms with E-state index in [0.717, 1.165) is 0 Å². The molecule has 1 atom stereocenters. The van der Waals surface area contributed by atoms with Crippen LogP contribution in [0, 0.1) is 0 Å². The normalized spacial score (nSPS) is 22.1. The highest BCUT2D eigenvalue weighted by Gasteiger charge is 2.06. The van der Waals surface area contributed by atoms with Crippen LogP contribution in [0.15, 0.2) is 30.3 Å². The Morgan fingerprint density at radius 2 is 1.71 bits per heavy atom. The van der Waals surface area contributed by atoms with Crippen molar-refractivity contribution in [3.05, 3.63) is 41.5 Å². The van der Waals surface area contributed by atoms with Gasteiger partial charge in [0.15, 0.2) is 0 Å². The van der Waals surface area contributed by atoms with Crippen LogP contribution in [-0.2, 0) is 0 Å². The van der Waals surface area contributed by atoms with Crippen LogP contribution in [0.4, 0.5) is 0 Å². The van der Waals surface area contributed by atoms with Crippen molar-refractivity contribution in [1.82, 2.24) is 0 Å². The lowest BCUT2D eigenvalue weighted by Gasteiger charge is -2.12. The van der Waals surface area contributed by atoms with E-state index in [9.17, 15) is 0 Å². The first-order valence-corrected chi connectivity index (χ1v) is 7.14. The maximum Gasteiger partial charge on any atom is 0.0557 e. The summed E-state index contributed by atoms with van der Waals surface area (Å²) in [6, 6.07) is 8.77. The molecule has 1 heteroatoms. The van der Waals surface area contributed by atoms with E-state index in [1.54, 1.807) is 0 Å². The van der Waals surface area contributed by atoms with Gasteiger partial charge in [0.25, 0.3) is 0 Å². The molecule has 0 radical (unpaired) electrons. The topological polar surface area (TPSA) is 0 Å². The second kappa shape index (κ2) is 6.26. The van der Waals surface area contributed by atoms with Crippen LogP contribution in [0.3, 0.4) is 0 Å². The maximum atomic E-state index is 6.07. The van der Waals surface area contributed by atoms with Gasteiger partial charge in [0, 0.05) is 0 Å². The number of rotatable bonds is 2. The lowest BCUT2D eigenvalue weighted by Crippen LogP contribution is -1.91. The molecule has 1 aromatic rings. The van der Waals surface area contributed by atoms with Gasteiger partial charge in [0.05, 0.1) is 5.38 Å². The molecule has 0 nitrogen and oxygen atoms in total. The third kappa shape index (κ3) is 3.61. The van der Waals surface area contributed by atoms with Gasteiger partial charge in [-0.2, -0.15) is 0 Å². The van der Waals surface area contributed by atoms with E-state index >= 15 is 0 Å². The first kappa shape index (κ1) is 12.7. The Morgan fingerprint density at radius 3 is 2.41 bits per heavy atom. The van der Waals surface area contributed by atoms with E-state index in [2.05, 4.69) is 30.3 Å². The van der Waals surface area contributed by atoms with Gasteiger partial charge in [-0.25, -0.2) is 0 Å². The number of hydrogen-bond donors (Lipinski definition) is 0. The Kier molecular flexibility index (Phi) is 4.67. The quantitative estimate of drug-likeness (QED) is 0.587. The highest BCUT2D eigenvalue weighted by molar-refractivity contribution is 6.20. The average Bonchev–Trinajstić information content (AvgIpc) is 2.29. The molecule has 0 heterocycles. The van der Waals surface area contributed by atoms with Gasteiger partial charge in [0.2, 0.25) is 0 Å². The SMILES string of the molecule is CC(Cl)c1ccc(/C2=C/CCCCCC2)cc1. The van der Waals surface area contributed by atoms with E-state index in [1.165, 1.54) is 55.2 Å². The number of halogens is 1. The fourth-order valence-electron chi connectivity index (χ4n) is 2.42. The van der Waals surface area contributed by atoms with Crippen molar-refractivity contribution in [2.45, 2.75) is 50.8 Å². The van der Waals surface area contributed by atoms with Gasteiger partial charge in [-0.05, 0) is 49.3 Å². The Hall–Kier alpha value is -0.750. The molecule has 0 aliphatic heterocycles. The van der Waals surface area contributed by atoms with Crippen LogP contribution < -0.4 is 0 Å². The van der Waals surface area contributed by atoms with Crippen molar-refractivity contribution in [3.8, 4) is 0 Å². The van der Waals surface area contributed by atoms with Gasteiger partial charge < -0.3 is 0 Å². The predicted octanol–water partition coefficient (Wildman–Crippen LogP) is 5.72. The maximum absolute atomic E-state index is 6.07. The molecule has 17 heavy (non-hydrogen) atoms. The van der Waals surface area contributed by atoms with Crippen molar-refractivity contribution in [2.75, 3.05) is 0 Å². The summed E-state index contributed by atoms with van der Waals surface area (Å²) in [5, 5.41) is 0.107. The zero-order valence-electron chi connectivity index (χ0n) is 10.6. The van der Waals surface area contributed by atoms with Gasteiger partial charge in [0.1, 0.15) is 0 Å². The minimum absolute atomic E-state index is 0.107. The molecule has 0 bridgehead atoms. The molecular formula is C16H21Cl. The molecule has 0 N–H and O–H groups in total. The zero-order valence-corrected chi connectivity index (χ0v) is 11.3. The summed E-state index contributed by atoms with van der Waals surface area (Å²) >= 11 is 6.07. The van der Waals surface area contributed by atoms with Crippen molar-refractivity contribution in [3.63, 3.8) is 0 Å². The molecule has 2 rings (SSSR count). The molecule has 1 aromatic carbocycles. The molecule has 0 saturated heterocycles. The Labute approximate surface area is 110 Å². The van der Waals surface area contributed by atoms with E-state index in [0.29, 0.717) is 0 Å². The standard InChI is InChI=1S/C16H21Cl/c1-13(17)14-9-11-16(12-10-14)15-7-5-3-2-4-6-8-15/h7,9-13H,2-6,8H2,1H3/b15-7+. The second-order valence-electron chi connectivity index (χ2n) is 4.92. The number of hydrogen-bond acceptors (Lipinski definition) is 0. The minimum atomic E-state index is 0.107. The Bertz CT molecular complexity index is 373. The van der Waals surface area contributed by atoms with E-state index in [-0.39, 0.29) is 5.38 Å². The molecule has 0 aromatic heterocycles. The number of benzene rings is 1. The smallest absolute Gasteiger partial charge is 0.0557 e. The van der Waals surface area contributed by atoms with Crippen molar-refractivity contribution in [1.29, 1.82) is 0 Å². The predicted molar refractivity (Wildman–Crippen MR) is 76.4 cm³/mol. The fraction of sp³-hybridized carbons (Fsp3) is 0.500. The highest BCUT2D eigenvalue weighted by Crippen LogP contribution is 2.27. The minimum Gasteiger partial charge on any atom is -0.118 e. The van der Waals surface area contributed by atoms with E-state index in [1.807, 2.05) is 6.92 Å². The largest absolute Gasteiger partial charge is 0.118 e. The fourth-order valence-corrected chi connectivity index (χ4v) is 2.56. The van der Waals surface area contributed by atoms with Crippen molar-refractivity contribution in [2.24, 2.45) is 0 Å². The van der Waals surface area contributed by atoms with Crippen LogP contribution in [0.1, 0.15) is 62.0 Å². The summed E-state index contributed by atoms with van der Waals surface area (Å²) in [6.07, 6.45) is 10.4. The van der Waals surface area contributed by atoms with Gasteiger partial charge in [-0.3, -0.25) is 0 Å². The summed E-state index contributed by atoms with van der Waals surface area (Å²) < 4.78 is 0. The molecular weight excluding hydrogens is 228 g/mol. The van der Waals surface area contributed by atoms with Crippen LogP contribution in [0.25, 0.3) is 5.57 Å². The first-order chi connectivity index (χ1) is 8.27. The molecule has 1 aliphatic rings. The average molecular weight is 249 g/mol. The van der Waals surface area contributed by atoms with Crippen molar-refractivity contribution >= 4 is 17.2 Å². The molecule has 1 aliphatic carbocycles. The molecule has 1 unspecified atom stereocenters. The second-order valence-corrected chi connectivity index (χ2v) is 5.57. The van der Waals surface area contributed by atoms with E-state index in [4.69, 9.17) is 11.6 Å². The summed E-state index contributed by atoms with van der Waals surface area (Å²) in [5.41, 5.74) is 4.12. The lowest BCUT2D eigenvalue weighted by atomic mass is 9.94. The summed E-state index contributed by atoms with van der Waals surface area (Å²) in [7, 11) is 0. The van der Waals surface area contributed by atoms with Gasteiger partial charge in [-0.15, -0.1) is 11.6 Å². The van der Waals surface area contributed by atoms with Gasteiger partial charge in [-0.1, -0.05) is 43.2 Å². The summed E-state index contributed by atoms with van der Waals surface area (Å²) in [5.74, 6) is 0. The third-order valence-corrected chi connectivity index (χ3v) is 3.78. The molecule has 0 spiro atoms. The molecule has 0 amide bonds. The van der Waals surface area contributed by atoms with Crippen molar-refractivity contribution < 1.29 is 0 Å². The lowest BCUT2D eigenvalue weighted by molar-refractivity contribution is 0.643. The monoisotopic (exact) mass is 248 g/mol. The Balaban J connectivity index is 2.14. The van der Waals surface area contributed by atoms with Gasteiger partial charge >= 0.3 is 0 Å². The molecule has 92 valence electrons. The first-order valence-electron chi connectivity index (χ1n) is 6.71. The van der Waals surface area contributed by atoms with Crippen LogP contribution >= 0.6 is 11.6 Å². The zero-order chi connectivity index (χ0) is 12.1. The van der Waals surface area contributed by atoms with Crippen LogP contribution in [-0.4, -0.2) is 0 Å². The van der Waals surface area contributed by atoms with E-state index < -0.39 is 0 Å². The Morgan fingerprint density at radius 1 is 1.00 bits per heavy atom. The van der Waals surface area contributed by atoms with Crippen LogP contribution in [0.5, 0.6) is 0 Å².